The number of hydrogen-bond donors (Lipinski definition) is 1. The van der Waals surface area contributed by atoms with E-state index in [4.69, 9.17) is 9.72 Å². The van der Waals surface area contributed by atoms with Crippen LogP contribution in [0.15, 0.2) is 9.95 Å². The van der Waals surface area contributed by atoms with E-state index in [1.807, 2.05) is 0 Å². The van der Waals surface area contributed by atoms with Crippen LogP contribution in [0.5, 0.6) is 0 Å². The second kappa shape index (κ2) is 9.83. The molecule has 0 radical (unpaired) electrons. The number of fused-ring (bicyclic) bond motifs is 3. The van der Waals surface area contributed by atoms with Crippen LogP contribution < -0.4 is 10.9 Å². The summed E-state index contributed by atoms with van der Waals surface area (Å²) in [6.07, 6.45) is 8.98. The van der Waals surface area contributed by atoms with Crippen LogP contribution >= 0.6 is 23.1 Å². The number of nitrogens with zero attached hydrogens (tertiary/aromatic N) is 2. The Hall–Kier alpha value is -1.38. The molecule has 1 saturated carbocycles. The first-order chi connectivity index (χ1) is 14.6. The summed E-state index contributed by atoms with van der Waals surface area (Å²) in [7, 11) is 1.63. The van der Waals surface area contributed by atoms with Crippen LogP contribution in [-0.2, 0) is 28.9 Å². The molecule has 4 rings (SSSR count). The fourth-order valence-corrected chi connectivity index (χ4v) is 6.76. The Morgan fingerprint density at radius 3 is 2.87 bits per heavy atom. The summed E-state index contributed by atoms with van der Waals surface area (Å²) >= 11 is 3.02. The third-order valence-electron chi connectivity index (χ3n) is 6.35. The average molecular weight is 450 g/mol. The lowest BCUT2D eigenvalue weighted by Crippen LogP contribution is -2.42. The van der Waals surface area contributed by atoms with Gasteiger partial charge in [-0.25, -0.2) is 4.98 Å². The van der Waals surface area contributed by atoms with Crippen LogP contribution in [0.4, 0.5) is 0 Å². The van der Waals surface area contributed by atoms with Crippen LogP contribution in [0, 0.1) is 5.92 Å². The van der Waals surface area contributed by atoms with Crippen molar-refractivity contribution in [3.8, 4) is 0 Å². The van der Waals surface area contributed by atoms with E-state index in [1.165, 1.54) is 47.9 Å². The van der Waals surface area contributed by atoms with E-state index in [2.05, 4.69) is 12.2 Å². The van der Waals surface area contributed by atoms with E-state index in [-0.39, 0.29) is 23.3 Å². The van der Waals surface area contributed by atoms with Crippen molar-refractivity contribution in [2.45, 2.75) is 76.0 Å². The lowest BCUT2D eigenvalue weighted by atomic mass is 9.86. The zero-order chi connectivity index (χ0) is 21.1. The molecular weight excluding hydrogens is 418 g/mol. The minimum atomic E-state index is 0.0141. The first-order valence-electron chi connectivity index (χ1n) is 11.0. The van der Waals surface area contributed by atoms with Gasteiger partial charge in [0, 0.05) is 18.0 Å². The van der Waals surface area contributed by atoms with Crippen molar-refractivity contribution in [1.29, 1.82) is 0 Å². The molecule has 6 nitrogen and oxygen atoms in total. The summed E-state index contributed by atoms with van der Waals surface area (Å²) < 4.78 is 6.93. The number of methoxy groups -OCH3 is 1. The first kappa shape index (κ1) is 21.8. The summed E-state index contributed by atoms with van der Waals surface area (Å²) in [5.74, 6) is 0.829. The Morgan fingerprint density at radius 1 is 1.27 bits per heavy atom. The highest BCUT2D eigenvalue weighted by molar-refractivity contribution is 7.99. The molecule has 1 amide bonds. The molecule has 2 aromatic heterocycles. The number of nitrogens with one attached hydrogen (secondary N) is 1. The van der Waals surface area contributed by atoms with Crippen LogP contribution in [0.3, 0.4) is 0 Å². The highest BCUT2D eigenvalue weighted by Gasteiger charge is 2.24. The maximum absolute atomic E-state index is 13.4. The number of aromatic nitrogens is 2. The van der Waals surface area contributed by atoms with Crippen LogP contribution in [0.25, 0.3) is 10.2 Å². The lowest BCUT2D eigenvalue weighted by Gasteiger charge is -2.29. The van der Waals surface area contributed by atoms with E-state index < -0.39 is 0 Å². The average Bonchev–Trinajstić information content (AvgIpc) is 3.12. The van der Waals surface area contributed by atoms with Gasteiger partial charge in [-0.15, -0.1) is 11.3 Å². The zero-order valence-corrected chi connectivity index (χ0v) is 19.5. The van der Waals surface area contributed by atoms with Gasteiger partial charge in [0.25, 0.3) is 5.56 Å². The van der Waals surface area contributed by atoms with Gasteiger partial charge >= 0.3 is 0 Å². The van der Waals surface area contributed by atoms with E-state index >= 15 is 0 Å². The lowest BCUT2D eigenvalue weighted by molar-refractivity contribution is -0.119. The van der Waals surface area contributed by atoms with E-state index in [0.717, 1.165) is 35.9 Å². The molecule has 2 aliphatic rings. The van der Waals surface area contributed by atoms with Gasteiger partial charge in [0.15, 0.2) is 5.16 Å². The molecular formula is C22H31N3O3S2. The predicted molar refractivity (Wildman–Crippen MR) is 123 cm³/mol. The van der Waals surface area contributed by atoms with Crippen molar-refractivity contribution >= 4 is 39.2 Å². The summed E-state index contributed by atoms with van der Waals surface area (Å²) in [6.45, 7) is 3.11. The molecule has 30 heavy (non-hydrogen) atoms. The van der Waals surface area contributed by atoms with Gasteiger partial charge in [-0.1, -0.05) is 31.5 Å². The standard InChI is InChI=1S/C22H31N3O3S2/c1-14-7-3-5-9-16(14)23-18(26)13-29-22-24-20-19(21(27)25(22)11-12-28-2)15-8-4-6-10-17(15)30-20/h14,16H,3-13H2,1-2H3,(H,23,26)/t14-,16-/m0/s1. The number of rotatable bonds is 7. The van der Waals surface area contributed by atoms with Crippen LogP contribution in [0.2, 0.25) is 0 Å². The maximum atomic E-state index is 13.4. The number of carbonyl (C=O) groups excluding carboxylic acids is 1. The molecule has 0 unspecified atom stereocenters. The van der Waals surface area contributed by atoms with Gasteiger partial charge in [-0.3, -0.25) is 14.2 Å². The highest BCUT2D eigenvalue weighted by atomic mass is 32.2. The zero-order valence-electron chi connectivity index (χ0n) is 17.9. The Bertz CT molecular complexity index is 969. The van der Waals surface area contributed by atoms with Crippen LogP contribution in [-0.4, -0.2) is 41.0 Å². The van der Waals surface area contributed by atoms with Crippen molar-refractivity contribution in [2.75, 3.05) is 19.5 Å². The Kier molecular flexibility index (Phi) is 7.16. The third-order valence-corrected chi connectivity index (χ3v) is 8.51. The van der Waals surface area contributed by atoms with Gasteiger partial charge in [0.05, 0.1) is 24.3 Å². The third kappa shape index (κ3) is 4.60. The monoisotopic (exact) mass is 449 g/mol. The van der Waals surface area contributed by atoms with Crippen molar-refractivity contribution in [2.24, 2.45) is 5.92 Å². The number of carbonyl (C=O) groups is 1. The molecule has 1 fully saturated rings. The van der Waals surface area contributed by atoms with Crippen molar-refractivity contribution < 1.29 is 9.53 Å². The summed E-state index contributed by atoms with van der Waals surface area (Å²) in [5, 5.41) is 4.60. The minimum Gasteiger partial charge on any atom is -0.383 e. The highest BCUT2D eigenvalue weighted by Crippen LogP contribution is 2.34. The molecule has 0 bridgehead atoms. The molecule has 164 valence electrons. The molecule has 0 spiro atoms. The smallest absolute Gasteiger partial charge is 0.263 e. The number of hydrogen-bond acceptors (Lipinski definition) is 6. The molecule has 8 heteroatoms. The second-order valence-corrected chi connectivity index (χ2v) is 10.5. The number of ether oxygens (including phenoxy) is 1. The fraction of sp³-hybridized carbons (Fsp3) is 0.682. The van der Waals surface area contributed by atoms with Crippen LogP contribution in [0.1, 0.15) is 55.9 Å². The second-order valence-electron chi connectivity index (χ2n) is 8.46. The number of thiophene rings is 1. The Balaban J connectivity index is 1.56. The number of aryl methyl sites for hydroxylation is 2. The Morgan fingerprint density at radius 2 is 2.07 bits per heavy atom. The van der Waals surface area contributed by atoms with Crippen molar-refractivity contribution in [3.05, 3.63) is 20.8 Å². The fourth-order valence-electron chi connectivity index (χ4n) is 4.62. The van der Waals surface area contributed by atoms with E-state index in [0.29, 0.717) is 24.2 Å². The van der Waals surface area contributed by atoms with Gasteiger partial charge in [0.2, 0.25) is 5.91 Å². The van der Waals surface area contributed by atoms with Gasteiger partial charge in [-0.2, -0.15) is 0 Å². The molecule has 0 aromatic carbocycles. The van der Waals surface area contributed by atoms with E-state index in [9.17, 15) is 9.59 Å². The summed E-state index contributed by atoms with van der Waals surface area (Å²) in [5.41, 5.74) is 1.21. The van der Waals surface area contributed by atoms with Gasteiger partial charge < -0.3 is 10.1 Å². The van der Waals surface area contributed by atoms with Gasteiger partial charge in [0.1, 0.15) is 4.83 Å². The normalized spacial score (nSPS) is 21.5. The maximum Gasteiger partial charge on any atom is 0.263 e. The summed E-state index contributed by atoms with van der Waals surface area (Å²) in [6, 6.07) is 0.266. The Labute approximate surface area is 185 Å². The SMILES string of the molecule is COCCn1c(SCC(=O)N[C@H]2CCCC[C@@H]2C)nc2sc3c(c2c1=O)CCCC3. The molecule has 2 aliphatic carbocycles. The molecule has 2 atom stereocenters. The van der Waals surface area contributed by atoms with E-state index in [1.54, 1.807) is 23.0 Å². The predicted octanol–water partition coefficient (Wildman–Crippen LogP) is 3.77. The van der Waals surface area contributed by atoms with Crippen molar-refractivity contribution in [1.82, 2.24) is 14.9 Å². The van der Waals surface area contributed by atoms with Crippen molar-refractivity contribution in [3.63, 3.8) is 0 Å². The quantitative estimate of drug-likeness (QED) is 0.515. The molecule has 1 N–H and O–H groups in total. The largest absolute Gasteiger partial charge is 0.383 e. The molecule has 0 saturated heterocycles. The topological polar surface area (TPSA) is 73.2 Å². The number of amides is 1. The minimum absolute atomic E-state index is 0.0141. The molecule has 2 aromatic rings. The molecule has 0 aliphatic heterocycles. The first-order valence-corrected chi connectivity index (χ1v) is 12.8. The number of thioether (sulfide) groups is 1. The van der Waals surface area contributed by atoms with Gasteiger partial charge in [-0.05, 0) is 50.0 Å². The summed E-state index contributed by atoms with van der Waals surface area (Å²) in [4.78, 5) is 32.9. The molecule has 2 heterocycles.